The third-order valence-electron chi connectivity index (χ3n) is 3.08. The fourth-order valence-electron chi connectivity index (χ4n) is 2.18. The molecule has 4 nitrogen and oxygen atoms in total. The summed E-state index contributed by atoms with van der Waals surface area (Å²) in [6, 6.07) is 10.9. The van der Waals surface area contributed by atoms with Crippen LogP contribution < -0.4 is 16.2 Å². The number of nitrogens with two attached hydrogens (primary N) is 2. The first kappa shape index (κ1) is 13.9. The molecule has 0 atom stereocenters. The van der Waals surface area contributed by atoms with Crippen LogP contribution in [0.25, 0.3) is 0 Å². The Hall–Kier alpha value is -2.49. The van der Waals surface area contributed by atoms with Gasteiger partial charge in [0.05, 0.1) is 0 Å². The number of nitrogen functional groups attached to an aromatic ring is 1. The summed E-state index contributed by atoms with van der Waals surface area (Å²) in [6.45, 7) is 4.30. The Bertz CT molecular complexity index is 628. The summed E-state index contributed by atoms with van der Waals surface area (Å²) in [6.07, 6.45) is 0. The van der Waals surface area contributed by atoms with Crippen LogP contribution in [0.15, 0.2) is 36.4 Å². The standard InChI is InChI=1S/C16H18N2O2/c1-10-6-14(17)7-11(2)15(10)20-9-12-4-3-5-13(8-12)16(18)19/h3-8H,9,17H2,1-2H3,(H2,18,19). The van der Waals surface area contributed by atoms with E-state index in [9.17, 15) is 4.79 Å². The number of hydrogen-bond donors (Lipinski definition) is 2. The van der Waals surface area contributed by atoms with E-state index in [4.69, 9.17) is 16.2 Å². The highest BCUT2D eigenvalue weighted by atomic mass is 16.5. The topological polar surface area (TPSA) is 78.3 Å². The van der Waals surface area contributed by atoms with Crippen LogP contribution in [0.3, 0.4) is 0 Å². The van der Waals surface area contributed by atoms with Crippen LogP contribution in [0, 0.1) is 13.8 Å². The summed E-state index contributed by atoms with van der Waals surface area (Å²) < 4.78 is 5.84. The second-order valence-electron chi connectivity index (χ2n) is 4.84. The molecule has 0 aliphatic carbocycles. The van der Waals surface area contributed by atoms with Gasteiger partial charge in [0.15, 0.2) is 0 Å². The van der Waals surface area contributed by atoms with Gasteiger partial charge >= 0.3 is 0 Å². The Morgan fingerprint density at radius 3 is 2.40 bits per heavy atom. The van der Waals surface area contributed by atoms with Gasteiger partial charge < -0.3 is 16.2 Å². The molecule has 2 aromatic carbocycles. The highest BCUT2D eigenvalue weighted by molar-refractivity contribution is 5.92. The number of primary amides is 1. The van der Waals surface area contributed by atoms with Crippen LogP contribution in [0.4, 0.5) is 5.69 Å². The molecule has 0 heterocycles. The van der Waals surface area contributed by atoms with Gasteiger partial charge in [0.1, 0.15) is 12.4 Å². The Kier molecular flexibility index (Phi) is 3.94. The molecule has 2 rings (SSSR count). The fraction of sp³-hybridized carbons (Fsp3) is 0.188. The van der Waals surface area contributed by atoms with Gasteiger partial charge in [-0.3, -0.25) is 4.79 Å². The fourth-order valence-corrected chi connectivity index (χ4v) is 2.18. The predicted molar refractivity (Wildman–Crippen MR) is 79.6 cm³/mol. The summed E-state index contributed by atoms with van der Waals surface area (Å²) in [4.78, 5) is 11.1. The normalized spacial score (nSPS) is 10.3. The van der Waals surface area contributed by atoms with E-state index in [1.54, 1.807) is 18.2 Å². The molecule has 0 saturated heterocycles. The van der Waals surface area contributed by atoms with Crippen molar-refractivity contribution in [3.05, 3.63) is 58.7 Å². The van der Waals surface area contributed by atoms with Crippen LogP contribution in [-0.2, 0) is 6.61 Å². The highest BCUT2D eigenvalue weighted by Gasteiger charge is 2.07. The molecular formula is C16H18N2O2. The van der Waals surface area contributed by atoms with Crippen molar-refractivity contribution < 1.29 is 9.53 Å². The molecule has 0 aliphatic heterocycles. The Morgan fingerprint density at radius 2 is 1.80 bits per heavy atom. The van der Waals surface area contributed by atoms with E-state index < -0.39 is 5.91 Å². The third kappa shape index (κ3) is 3.09. The molecule has 4 N–H and O–H groups in total. The van der Waals surface area contributed by atoms with Gasteiger partial charge in [-0.25, -0.2) is 0 Å². The van der Waals surface area contributed by atoms with Crippen LogP contribution in [0.5, 0.6) is 5.75 Å². The summed E-state index contributed by atoms with van der Waals surface area (Å²) in [5.74, 6) is 0.385. The average molecular weight is 270 g/mol. The summed E-state index contributed by atoms with van der Waals surface area (Å²) >= 11 is 0. The van der Waals surface area contributed by atoms with Gasteiger partial charge in [0.25, 0.3) is 0 Å². The van der Waals surface area contributed by atoms with E-state index in [2.05, 4.69) is 0 Å². The molecule has 1 amide bonds. The average Bonchev–Trinajstić information content (AvgIpc) is 2.37. The van der Waals surface area contributed by atoms with Crippen molar-refractivity contribution >= 4 is 11.6 Å². The number of anilines is 1. The lowest BCUT2D eigenvalue weighted by Gasteiger charge is -2.13. The molecule has 0 unspecified atom stereocenters. The van der Waals surface area contributed by atoms with Crippen molar-refractivity contribution in [1.29, 1.82) is 0 Å². The second kappa shape index (κ2) is 5.65. The molecule has 104 valence electrons. The van der Waals surface area contributed by atoms with E-state index in [0.717, 1.165) is 28.1 Å². The lowest BCUT2D eigenvalue weighted by molar-refractivity contribution is 0.1000. The molecule has 0 bridgehead atoms. The highest BCUT2D eigenvalue weighted by Crippen LogP contribution is 2.26. The van der Waals surface area contributed by atoms with Crippen molar-refractivity contribution in [2.75, 3.05) is 5.73 Å². The minimum atomic E-state index is -0.438. The number of carbonyl (C=O) groups excluding carboxylic acids is 1. The van der Waals surface area contributed by atoms with Gasteiger partial charge in [-0.2, -0.15) is 0 Å². The summed E-state index contributed by atoms with van der Waals surface area (Å²) in [5.41, 5.74) is 15.1. The Labute approximate surface area is 118 Å². The van der Waals surface area contributed by atoms with E-state index in [1.807, 2.05) is 32.0 Å². The van der Waals surface area contributed by atoms with E-state index in [0.29, 0.717) is 12.2 Å². The SMILES string of the molecule is Cc1cc(N)cc(C)c1OCc1cccc(C(N)=O)c1. The molecule has 0 aromatic heterocycles. The Balaban J connectivity index is 2.17. The van der Waals surface area contributed by atoms with Crippen molar-refractivity contribution in [3.8, 4) is 5.75 Å². The number of benzene rings is 2. The van der Waals surface area contributed by atoms with Gasteiger partial charge in [-0.15, -0.1) is 0 Å². The van der Waals surface area contributed by atoms with Gasteiger partial charge in [-0.1, -0.05) is 12.1 Å². The number of hydrogen-bond acceptors (Lipinski definition) is 3. The van der Waals surface area contributed by atoms with Crippen LogP contribution in [-0.4, -0.2) is 5.91 Å². The summed E-state index contributed by atoms with van der Waals surface area (Å²) in [7, 11) is 0. The van der Waals surface area contributed by atoms with Crippen molar-refractivity contribution in [2.24, 2.45) is 5.73 Å². The molecule has 0 fully saturated rings. The molecule has 0 aliphatic rings. The zero-order valence-electron chi connectivity index (χ0n) is 11.6. The van der Waals surface area contributed by atoms with E-state index in [-0.39, 0.29) is 0 Å². The van der Waals surface area contributed by atoms with Crippen LogP contribution >= 0.6 is 0 Å². The number of rotatable bonds is 4. The van der Waals surface area contributed by atoms with Gasteiger partial charge in [0.2, 0.25) is 5.91 Å². The second-order valence-corrected chi connectivity index (χ2v) is 4.84. The minimum Gasteiger partial charge on any atom is -0.488 e. The molecule has 4 heteroatoms. The van der Waals surface area contributed by atoms with E-state index in [1.165, 1.54) is 0 Å². The molecular weight excluding hydrogens is 252 g/mol. The summed E-state index contributed by atoms with van der Waals surface area (Å²) in [5, 5.41) is 0. The zero-order valence-corrected chi connectivity index (χ0v) is 11.6. The predicted octanol–water partition coefficient (Wildman–Crippen LogP) is 2.56. The third-order valence-corrected chi connectivity index (χ3v) is 3.08. The lowest BCUT2D eigenvalue weighted by Crippen LogP contribution is -2.11. The first-order valence-electron chi connectivity index (χ1n) is 6.35. The van der Waals surface area contributed by atoms with Crippen molar-refractivity contribution in [3.63, 3.8) is 0 Å². The first-order chi connectivity index (χ1) is 9.47. The molecule has 20 heavy (non-hydrogen) atoms. The lowest BCUT2D eigenvalue weighted by atomic mass is 10.1. The minimum absolute atomic E-state index is 0.382. The smallest absolute Gasteiger partial charge is 0.248 e. The first-order valence-corrected chi connectivity index (χ1v) is 6.35. The van der Waals surface area contributed by atoms with Crippen molar-refractivity contribution in [2.45, 2.75) is 20.5 Å². The largest absolute Gasteiger partial charge is 0.488 e. The maximum atomic E-state index is 11.1. The Morgan fingerprint density at radius 1 is 1.15 bits per heavy atom. The number of ether oxygens (including phenoxy) is 1. The zero-order chi connectivity index (χ0) is 14.7. The van der Waals surface area contributed by atoms with Crippen LogP contribution in [0.2, 0.25) is 0 Å². The van der Waals surface area contributed by atoms with Crippen LogP contribution in [0.1, 0.15) is 27.0 Å². The van der Waals surface area contributed by atoms with Gasteiger partial charge in [-0.05, 0) is 54.8 Å². The molecule has 0 spiro atoms. The number of amides is 1. The number of aryl methyl sites for hydroxylation is 2. The molecule has 2 aromatic rings. The maximum absolute atomic E-state index is 11.1. The molecule has 0 saturated carbocycles. The monoisotopic (exact) mass is 270 g/mol. The van der Waals surface area contributed by atoms with E-state index >= 15 is 0 Å². The van der Waals surface area contributed by atoms with Gasteiger partial charge in [0, 0.05) is 11.3 Å². The van der Waals surface area contributed by atoms with Crippen molar-refractivity contribution in [1.82, 2.24) is 0 Å². The number of carbonyl (C=O) groups is 1. The molecule has 0 radical (unpaired) electrons. The maximum Gasteiger partial charge on any atom is 0.248 e. The quantitative estimate of drug-likeness (QED) is 0.838.